The van der Waals surface area contributed by atoms with Crippen molar-refractivity contribution in [3.8, 4) is 22.8 Å². The fourth-order valence-corrected chi connectivity index (χ4v) is 4.32. The number of carbonyl (C=O) groups is 1. The number of hydrogen-bond donors (Lipinski definition) is 2. The van der Waals surface area contributed by atoms with Crippen LogP contribution in [0.4, 0.5) is 5.69 Å². The molecule has 3 aromatic carbocycles. The number of amides is 1. The van der Waals surface area contributed by atoms with E-state index in [-0.39, 0.29) is 5.11 Å². The van der Waals surface area contributed by atoms with Crippen molar-refractivity contribution in [1.82, 2.24) is 20.3 Å². The predicted molar refractivity (Wildman–Crippen MR) is 158 cm³/mol. The van der Waals surface area contributed by atoms with Gasteiger partial charge in [-0.25, -0.2) is 0 Å². The molecule has 0 saturated carbocycles. The standard InChI is InChI=1S/C28H21Cl2N5O3S/c1-2-37-19-9-7-18(8-10-19)35-33-23-13-6-17(16-24(23)34-35)31-28(39)32-26(36)15-12-20-11-14-25(38-20)21-4-3-5-22(29)27(21)30/h3-16H,2H2,1H3,(H2,31,32,36,39). The third kappa shape index (κ3) is 6.28. The average Bonchev–Trinajstić information content (AvgIpc) is 3.57. The lowest BCUT2D eigenvalue weighted by Crippen LogP contribution is -2.32. The Kier molecular flexibility index (Phi) is 7.92. The fourth-order valence-electron chi connectivity index (χ4n) is 3.71. The van der Waals surface area contributed by atoms with Crippen molar-refractivity contribution in [2.24, 2.45) is 0 Å². The highest BCUT2D eigenvalue weighted by Gasteiger charge is 2.11. The maximum absolute atomic E-state index is 12.4. The van der Waals surface area contributed by atoms with E-state index in [0.29, 0.717) is 50.5 Å². The number of rotatable bonds is 7. The summed E-state index contributed by atoms with van der Waals surface area (Å²) >= 11 is 17.6. The molecule has 0 aliphatic rings. The second-order valence-corrected chi connectivity index (χ2v) is 9.39. The Morgan fingerprint density at radius 1 is 1.05 bits per heavy atom. The van der Waals surface area contributed by atoms with Gasteiger partial charge in [-0.05, 0) is 91.9 Å². The van der Waals surface area contributed by atoms with Crippen LogP contribution in [-0.2, 0) is 4.79 Å². The van der Waals surface area contributed by atoms with Crippen LogP contribution in [-0.4, -0.2) is 32.6 Å². The molecular weight excluding hydrogens is 557 g/mol. The zero-order chi connectivity index (χ0) is 27.4. The fraction of sp³-hybridized carbons (Fsp3) is 0.0714. The van der Waals surface area contributed by atoms with Gasteiger partial charge in [0.05, 0.1) is 22.3 Å². The number of halogens is 2. The second-order valence-electron chi connectivity index (χ2n) is 8.20. The molecule has 11 heteroatoms. The van der Waals surface area contributed by atoms with Gasteiger partial charge in [0.15, 0.2) is 5.11 Å². The summed E-state index contributed by atoms with van der Waals surface area (Å²) in [5, 5.41) is 15.6. The van der Waals surface area contributed by atoms with Crippen LogP contribution < -0.4 is 15.4 Å². The number of fused-ring (bicyclic) bond motifs is 1. The highest BCUT2D eigenvalue weighted by Crippen LogP contribution is 2.34. The zero-order valence-electron chi connectivity index (χ0n) is 20.5. The summed E-state index contributed by atoms with van der Waals surface area (Å²) in [4.78, 5) is 13.9. The Morgan fingerprint density at radius 3 is 2.64 bits per heavy atom. The lowest BCUT2D eigenvalue weighted by Gasteiger charge is -2.07. The number of benzene rings is 3. The van der Waals surface area contributed by atoms with E-state index in [1.807, 2.05) is 37.3 Å². The van der Waals surface area contributed by atoms with Crippen LogP contribution in [0.5, 0.6) is 5.75 Å². The second kappa shape index (κ2) is 11.7. The van der Waals surface area contributed by atoms with Gasteiger partial charge in [0.2, 0.25) is 5.91 Å². The minimum Gasteiger partial charge on any atom is -0.494 e. The van der Waals surface area contributed by atoms with E-state index < -0.39 is 5.91 Å². The van der Waals surface area contributed by atoms with Gasteiger partial charge >= 0.3 is 0 Å². The molecule has 2 N–H and O–H groups in total. The third-order valence-corrected chi connectivity index (χ3v) is 6.52. The number of furan rings is 1. The van der Waals surface area contributed by atoms with Crippen molar-refractivity contribution in [1.29, 1.82) is 0 Å². The Balaban J connectivity index is 1.20. The predicted octanol–water partition coefficient (Wildman–Crippen LogP) is 6.91. The van der Waals surface area contributed by atoms with Crippen molar-refractivity contribution < 1.29 is 13.9 Å². The number of anilines is 1. The number of carbonyl (C=O) groups excluding carboxylic acids is 1. The molecule has 0 bridgehead atoms. The summed E-state index contributed by atoms with van der Waals surface area (Å²) in [6.45, 7) is 2.54. The van der Waals surface area contributed by atoms with Crippen LogP contribution in [0, 0.1) is 0 Å². The van der Waals surface area contributed by atoms with Gasteiger partial charge in [0.1, 0.15) is 28.3 Å². The van der Waals surface area contributed by atoms with Crippen LogP contribution >= 0.6 is 35.4 Å². The van der Waals surface area contributed by atoms with Gasteiger partial charge in [-0.3, -0.25) is 10.1 Å². The molecule has 1 amide bonds. The molecule has 0 fully saturated rings. The first kappa shape index (κ1) is 26.4. The van der Waals surface area contributed by atoms with Gasteiger partial charge in [-0.15, -0.1) is 10.2 Å². The molecule has 5 rings (SSSR count). The quantitative estimate of drug-likeness (QED) is 0.160. The Morgan fingerprint density at radius 2 is 1.85 bits per heavy atom. The first-order valence-corrected chi connectivity index (χ1v) is 13.0. The van der Waals surface area contributed by atoms with E-state index in [2.05, 4.69) is 20.8 Å². The van der Waals surface area contributed by atoms with Crippen molar-refractivity contribution in [3.05, 3.63) is 94.7 Å². The normalized spacial score (nSPS) is 11.2. The monoisotopic (exact) mass is 577 g/mol. The number of ether oxygens (including phenoxy) is 1. The molecule has 0 spiro atoms. The minimum atomic E-state index is -0.422. The highest BCUT2D eigenvalue weighted by atomic mass is 35.5. The van der Waals surface area contributed by atoms with Crippen LogP contribution in [0.1, 0.15) is 12.7 Å². The molecule has 0 aliphatic heterocycles. The molecule has 0 radical (unpaired) electrons. The summed E-state index contributed by atoms with van der Waals surface area (Å²) < 4.78 is 11.2. The molecule has 5 aromatic rings. The summed E-state index contributed by atoms with van der Waals surface area (Å²) in [6, 6.07) is 21.7. The molecule has 0 atom stereocenters. The van der Waals surface area contributed by atoms with Gasteiger partial charge in [0.25, 0.3) is 0 Å². The Bertz CT molecular complexity index is 1700. The smallest absolute Gasteiger partial charge is 0.250 e. The molecule has 0 aliphatic carbocycles. The van der Waals surface area contributed by atoms with Crippen LogP contribution in [0.15, 0.2) is 83.3 Å². The summed E-state index contributed by atoms with van der Waals surface area (Å²) in [6.07, 6.45) is 2.85. The van der Waals surface area contributed by atoms with E-state index in [1.165, 1.54) is 12.2 Å². The molecule has 8 nitrogen and oxygen atoms in total. The van der Waals surface area contributed by atoms with Crippen molar-refractivity contribution in [3.63, 3.8) is 0 Å². The minimum absolute atomic E-state index is 0.133. The molecule has 196 valence electrons. The van der Waals surface area contributed by atoms with E-state index in [1.54, 1.807) is 47.3 Å². The van der Waals surface area contributed by atoms with Crippen LogP contribution in [0.3, 0.4) is 0 Å². The number of aromatic nitrogens is 3. The maximum atomic E-state index is 12.4. The first-order valence-electron chi connectivity index (χ1n) is 11.8. The van der Waals surface area contributed by atoms with Gasteiger partial charge in [-0.1, -0.05) is 29.3 Å². The van der Waals surface area contributed by atoms with E-state index in [4.69, 9.17) is 44.6 Å². The first-order chi connectivity index (χ1) is 18.9. The van der Waals surface area contributed by atoms with Gasteiger partial charge < -0.3 is 14.5 Å². The topological polar surface area (TPSA) is 94.2 Å². The maximum Gasteiger partial charge on any atom is 0.250 e. The third-order valence-electron chi connectivity index (χ3n) is 5.50. The lowest BCUT2D eigenvalue weighted by molar-refractivity contribution is -0.115. The molecular formula is C28H21Cl2N5O3S. The highest BCUT2D eigenvalue weighted by molar-refractivity contribution is 7.80. The lowest BCUT2D eigenvalue weighted by atomic mass is 10.2. The Labute approximate surface area is 239 Å². The number of thiocarbonyl (C=S) groups is 1. The van der Waals surface area contributed by atoms with Crippen LogP contribution in [0.25, 0.3) is 34.1 Å². The van der Waals surface area contributed by atoms with Crippen molar-refractivity contribution >= 4 is 69.2 Å². The summed E-state index contributed by atoms with van der Waals surface area (Å²) in [7, 11) is 0. The number of hydrogen-bond acceptors (Lipinski definition) is 6. The van der Waals surface area contributed by atoms with E-state index >= 15 is 0 Å². The van der Waals surface area contributed by atoms with Gasteiger partial charge in [0, 0.05) is 17.3 Å². The number of nitrogens with one attached hydrogen (secondary N) is 2. The van der Waals surface area contributed by atoms with E-state index in [9.17, 15) is 4.79 Å². The Hall–Kier alpha value is -4.18. The molecule has 0 saturated heterocycles. The summed E-state index contributed by atoms with van der Waals surface area (Å²) in [5.74, 6) is 1.37. The molecule has 2 aromatic heterocycles. The van der Waals surface area contributed by atoms with Crippen molar-refractivity contribution in [2.75, 3.05) is 11.9 Å². The van der Waals surface area contributed by atoms with Gasteiger partial charge in [-0.2, -0.15) is 4.80 Å². The summed E-state index contributed by atoms with van der Waals surface area (Å²) in [5.41, 5.74) is 3.50. The van der Waals surface area contributed by atoms with Crippen LogP contribution in [0.2, 0.25) is 10.0 Å². The molecule has 0 unspecified atom stereocenters. The largest absolute Gasteiger partial charge is 0.494 e. The average molecular weight is 578 g/mol. The van der Waals surface area contributed by atoms with Crippen molar-refractivity contribution in [2.45, 2.75) is 6.92 Å². The van der Waals surface area contributed by atoms with E-state index in [0.717, 1.165) is 11.4 Å². The number of nitrogens with zero attached hydrogens (tertiary/aromatic N) is 3. The molecule has 39 heavy (non-hydrogen) atoms. The SMILES string of the molecule is CCOc1ccc(-n2nc3ccc(NC(=S)NC(=O)C=Cc4ccc(-c5cccc(Cl)c5Cl)o4)cc3n2)cc1. The zero-order valence-corrected chi connectivity index (χ0v) is 22.8. The molecule has 2 heterocycles.